The quantitative estimate of drug-likeness (QED) is 0.482. The summed E-state index contributed by atoms with van der Waals surface area (Å²) in [6, 6.07) is -1.71. The van der Waals surface area contributed by atoms with Crippen LogP contribution < -0.4 is 16.4 Å². The van der Waals surface area contributed by atoms with E-state index >= 15 is 0 Å². The van der Waals surface area contributed by atoms with Crippen molar-refractivity contribution in [1.29, 1.82) is 0 Å². The van der Waals surface area contributed by atoms with Gasteiger partial charge in [0.1, 0.15) is 6.04 Å². The lowest BCUT2D eigenvalue weighted by atomic mass is 10.2. The molecule has 20 heavy (non-hydrogen) atoms. The number of carboxylic acid groups (broad SMARTS) is 1. The lowest BCUT2D eigenvalue weighted by Gasteiger charge is -2.24. The van der Waals surface area contributed by atoms with Crippen molar-refractivity contribution in [2.45, 2.75) is 38.3 Å². The second kappa shape index (κ2) is 7.68. The highest BCUT2D eigenvalue weighted by Crippen LogP contribution is 2.10. The van der Waals surface area contributed by atoms with E-state index in [1.165, 1.54) is 0 Å². The summed E-state index contributed by atoms with van der Waals surface area (Å²) in [5, 5.41) is 13.7. The molecule has 114 valence electrons. The highest BCUT2D eigenvalue weighted by atomic mass is 16.4. The highest BCUT2D eigenvalue weighted by molar-refractivity contribution is 5.87. The Morgan fingerprint density at radius 1 is 1.30 bits per heavy atom. The summed E-state index contributed by atoms with van der Waals surface area (Å²) in [7, 11) is 0. The maximum atomic E-state index is 11.6. The summed E-state index contributed by atoms with van der Waals surface area (Å²) in [4.78, 5) is 35.4. The zero-order valence-electron chi connectivity index (χ0n) is 11.6. The van der Waals surface area contributed by atoms with Crippen LogP contribution in [0.5, 0.6) is 0 Å². The molecule has 1 aliphatic rings. The maximum absolute atomic E-state index is 11.6. The largest absolute Gasteiger partial charge is 0.480 e. The predicted octanol–water partition coefficient (Wildman–Crippen LogP) is -0.901. The van der Waals surface area contributed by atoms with E-state index in [1.807, 2.05) is 6.92 Å². The smallest absolute Gasteiger partial charge is 0.326 e. The molecule has 1 rings (SSSR count). The number of amides is 3. The van der Waals surface area contributed by atoms with Crippen molar-refractivity contribution in [3.8, 4) is 0 Å². The van der Waals surface area contributed by atoms with Crippen LogP contribution in [0.1, 0.15) is 26.2 Å². The van der Waals surface area contributed by atoms with Gasteiger partial charge in [-0.05, 0) is 32.9 Å². The third-order valence-electron chi connectivity index (χ3n) is 3.33. The molecule has 1 heterocycles. The lowest BCUT2D eigenvalue weighted by Crippen LogP contribution is -2.50. The number of hydrogen-bond acceptors (Lipinski definition) is 4. The van der Waals surface area contributed by atoms with Gasteiger partial charge in [0.25, 0.3) is 0 Å². The van der Waals surface area contributed by atoms with Crippen LogP contribution in [0.4, 0.5) is 4.79 Å². The minimum Gasteiger partial charge on any atom is -0.480 e. The minimum absolute atomic E-state index is 0.197. The van der Waals surface area contributed by atoms with Crippen molar-refractivity contribution >= 4 is 17.9 Å². The molecule has 0 aromatic rings. The van der Waals surface area contributed by atoms with Gasteiger partial charge < -0.3 is 21.5 Å². The van der Waals surface area contributed by atoms with Gasteiger partial charge >= 0.3 is 12.0 Å². The number of nitrogens with one attached hydrogen (secondary N) is 2. The third-order valence-corrected chi connectivity index (χ3v) is 3.33. The summed E-state index contributed by atoms with van der Waals surface area (Å²) in [5.74, 6) is -2.06. The molecule has 0 bridgehead atoms. The summed E-state index contributed by atoms with van der Waals surface area (Å²) >= 11 is 0. The van der Waals surface area contributed by atoms with E-state index in [0.29, 0.717) is 6.54 Å². The number of aliphatic carboxylic acids is 1. The molecule has 0 radical (unpaired) electrons. The predicted molar refractivity (Wildman–Crippen MR) is 72.0 cm³/mol. The number of hydrogen-bond donors (Lipinski definition) is 4. The zero-order valence-corrected chi connectivity index (χ0v) is 11.6. The third kappa shape index (κ3) is 5.43. The van der Waals surface area contributed by atoms with Gasteiger partial charge in [0.15, 0.2) is 0 Å². The van der Waals surface area contributed by atoms with Crippen LogP contribution in [0.2, 0.25) is 0 Å². The topological polar surface area (TPSA) is 125 Å². The Labute approximate surface area is 117 Å². The van der Waals surface area contributed by atoms with Crippen LogP contribution in [0.3, 0.4) is 0 Å². The Morgan fingerprint density at radius 2 is 1.90 bits per heavy atom. The molecule has 0 aromatic carbocycles. The number of urea groups is 1. The molecule has 1 aliphatic heterocycles. The van der Waals surface area contributed by atoms with Gasteiger partial charge in [0.05, 0.1) is 6.42 Å². The summed E-state index contributed by atoms with van der Waals surface area (Å²) in [6.45, 7) is 4.46. The molecular weight excluding hydrogens is 264 g/mol. The molecule has 1 saturated heterocycles. The van der Waals surface area contributed by atoms with Crippen molar-refractivity contribution in [2.75, 3.05) is 19.6 Å². The molecule has 0 saturated carbocycles. The second-order valence-electron chi connectivity index (χ2n) is 5.01. The molecule has 1 unspecified atom stereocenters. The van der Waals surface area contributed by atoms with Crippen molar-refractivity contribution < 1.29 is 19.5 Å². The Balaban J connectivity index is 2.33. The molecule has 0 spiro atoms. The van der Waals surface area contributed by atoms with E-state index < -0.39 is 30.4 Å². The molecule has 8 nitrogen and oxygen atoms in total. The van der Waals surface area contributed by atoms with Crippen molar-refractivity contribution in [3.63, 3.8) is 0 Å². The average Bonchev–Trinajstić information content (AvgIpc) is 2.88. The second-order valence-corrected chi connectivity index (χ2v) is 5.01. The van der Waals surface area contributed by atoms with E-state index in [-0.39, 0.29) is 6.04 Å². The highest BCUT2D eigenvalue weighted by Gasteiger charge is 2.23. The maximum Gasteiger partial charge on any atom is 0.326 e. The Hall–Kier alpha value is -1.83. The molecule has 3 amide bonds. The first kappa shape index (κ1) is 16.2. The summed E-state index contributed by atoms with van der Waals surface area (Å²) < 4.78 is 0. The SMILES string of the molecule is CC(CNC(=O)N[C@H](CC(N)=O)C(=O)O)N1CCCC1. The molecular formula is C12H22N4O4. The average molecular weight is 286 g/mol. The lowest BCUT2D eigenvalue weighted by molar-refractivity contribution is -0.140. The molecule has 8 heteroatoms. The number of rotatable bonds is 7. The van der Waals surface area contributed by atoms with E-state index in [4.69, 9.17) is 10.8 Å². The van der Waals surface area contributed by atoms with Gasteiger partial charge in [-0.1, -0.05) is 0 Å². The van der Waals surface area contributed by atoms with E-state index in [2.05, 4.69) is 15.5 Å². The number of carboxylic acids is 1. The molecule has 1 fully saturated rings. The normalized spacial score (nSPS) is 18.2. The van der Waals surface area contributed by atoms with E-state index in [9.17, 15) is 14.4 Å². The first-order valence-corrected chi connectivity index (χ1v) is 6.69. The summed E-state index contributed by atoms with van der Waals surface area (Å²) in [5.41, 5.74) is 4.93. The molecule has 2 atom stereocenters. The van der Waals surface area contributed by atoms with Gasteiger partial charge in [-0.2, -0.15) is 0 Å². The fraction of sp³-hybridized carbons (Fsp3) is 0.750. The van der Waals surface area contributed by atoms with Crippen LogP contribution >= 0.6 is 0 Å². The number of nitrogens with zero attached hydrogens (tertiary/aromatic N) is 1. The van der Waals surface area contributed by atoms with Crippen LogP contribution in [0.25, 0.3) is 0 Å². The molecule has 0 aliphatic carbocycles. The Kier molecular flexibility index (Phi) is 6.23. The van der Waals surface area contributed by atoms with Crippen LogP contribution in [-0.4, -0.2) is 59.6 Å². The molecule has 5 N–H and O–H groups in total. The fourth-order valence-corrected chi connectivity index (χ4v) is 2.16. The van der Waals surface area contributed by atoms with Crippen molar-refractivity contribution in [1.82, 2.24) is 15.5 Å². The van der Waals surface area contributed by atoms with Crippen LogP contribution in [0, 0.1) is 0 Å². The number of likely N-dealkylation sites (tertiary alicyclic amines) is 1. The Morgan fingerprint density at radius 3 is 2.40 bits per heavy atom. The summed E-state index contributed by atoms with van der Waals surface area (Å²) in [6.07, 6.45) is 1.90. The van der Waals surface area contributed by atoms with Gasteiger partial charge in [-0.3, -0.25) is 9.69 Å². The van der Waals surface area contributed by atoms with Crippen molar-refractivity contribution in [2.24, 2.45) is 5.73 Å². The van der Waals surface area contributed by atoms with Gasteiger partial charge in [0, 0.05) is 12.6 Å². The minimum atomic E-state index is -1.30. The van der Waals surface area contributed by atoms with E-state index in [0.717, 1.165) is 25.9 Å². The van der Waals surface area contributed by atoms with Crippen LogP contribution in [-0.2, 0) is 9.59 Å². The zero-order chi connectivity index (χ0) is 15.1. The van der Waals surface area contributed by atoms with E-state index in [1.54, 1.807) is 0 Å². The number of carbonyl (C=O) groups is 3. The van der Waals surface area contributed by atoms with Crippen molar-refractivity contribution in [3.05, 3.63) is 0 Å². The monoisotopic (exact) mass is 286 g/mol. The number of nitrogens with two attached hydrogens (primary N) is 1. The fourth-order valence-electron chi connectivity index (χ4n) is 2.16. The van der Waals surface area contributed by atoms with Gasteiger partial charge in [-0.15, -0.1) is 0 Å². The van der Waals surface area contributed by atoms with Gasteiger partial charge in [-0.25, -0.2) is 9.59 Å². The Bertz CT molecular complexity index is 368. The van der Waals surface area contributed by atoms with Crippen LogP contribution in [0.15, 0.2) is 0 Å². The molecule has 0 aromatic heterocycles. The van der Waals surface area contributed by atoms with Gasteiger partial charge in [0.2, 0.25) is 5.91 Å². The first-order valence-electron chi connectivity index (χ1n) is 6.69. The number of primary amides is 1. The number of carbonyl (C=O) groups excluding carboxylic acids is 2. The standard InChI is InChI=1S/C12H22N4O4/c1-8(16-4-2-3-5-16)7-14-12(20)15-9(11(18)19)6-10(13)17/h8-9H,2-7H2,1H3,(H2,13,17)(H,18,19)(H2,14,15,20)/t8?,9-/m1/s1. The first-order chi connectivity index (χ1) is 9.40.